The lowest BCUT2D eigenvalue weighted by Gasteiger charge is -2.13. The number of carbonyl (C=O) groups is 2. The van der Waals surface area contributed by atoms with E-state index in [-0.39, 0.29) is 15.8 Å². The van der Waals surface area contributed by atoms with Gasteiger partial charge in [-0.2, -0.15) is 5.10 Å². The molecule has 0 saturated heterocycles. The first-order valence-electron chi connectivity index (χ1n) is 5.20. The molecule has 0 saturated carbocycles. The summed E-state index contributed by atoms with van der Waals surface area (Å²) in [6.45, 7) is -1.13. The summed E-state index contributed by atoms with van der Waals surface area (Å²) < 4.78 is 0. The van der Waals surface area contributed by atoms with E-state index in [0.717, 1.165) is 5.01 Å². The highest BCUT2D eigenvalue weighted by Crippen LogP contribution is 2.32. The van der Waals surface area contributed by atoms with Gasteiger partial charge < -0.3 is 15.3 Å². The van der Waals surface area contributed by atoms with Crippen LogP contribution in [-0.4, -0.2) is 51.6 Å². The van der Waals surface area contributed by atoms with Crippen LogP contribution in [0.5, 0.6) is 5.75 Å². The number of nitrogens with zero attached hydrogens (tertiary/aromatic N) is 2. The van der Waals surface area contributed by atoms with Crippen LogP contribution >= 0.6 is 23.2 Å². The summed E-state index contributed by atoms with van der Waals surface area (Å²) in [5.74, 6) is -2.71. The number of carboxylic acids is 2. The summed E-state index contributed by atoms with van der Waals surface area (Å²) in [6.07, 6.45) is 1.20. The third-order valence-corrected chi connectivity index (χ3v) is 2.62. The number of benzene rings is 1. The molecule has 1 aromatic rings. The summed E-state index contributed by atoms with van der Waals surface area (Å²) in [6, 6.07) is 2.71. The summed E-state index contributed by atoms with van der Waals surface area (Å²) in [4.78, 5) is 21.1. The van der Waals surface area contributed by atoms with Crippen LogP contribution in [0.3, 0.4) is 0 Å². The minimum Gasteiger partial charge on any atom is -0.505 e. The molecule has 0 aliphatic carbocycles. The molecule has 0 aliphatic rings. The second kappa shape index (κ2) is 6.97. The highest BCUT2D eigenvalue weighted by molar-refractivity contribution is 6.37. The third kappa shape index (κ3) is 4.94. The van der Waals surface area contributed by atoms with Crippen LogP contribution in [0.2, 0.25) is 10.0 Å². The lowest BCUT2D eigenvalue weighted by molar-refractivity contribution is -0.141. The second-order valence-electron chi connectivity index (χ2n) is 3.69. The first-order chi connectivity index (χ1) is 9.29. The number of carboxylic acid groups (broad SMARTS) is 2. The number of rotatable bonds is 6. The molecule has 3 N–H and O–H groups in total. The molecule has 0 bridgehead atoms. The van der Waals surface area contributed by atoms with Gasteiger partial charge in [-0.05, 0) is 17.7 Å². The minimum atomic E-state index is -1.22. The lowest BCUT2D eigenvalue weighted by Crippen LogP contribution is -2.30. The van der Waals surface area contributed by atoms with Crippen molar-refractivity contribution in [3.05, 3.63) is 27.7 Å². The Morgan fingerprint density at radius 3 is 2.00 bits per heavy atom. The van der Waals surface area contributed by atoms with Gasteiger partial charge in [0.05, 0.1) is 16.3 Å². The van der Waals surface area contributed by atoms with Crippen LogP contribution in [0, 0.1) is 0 Å². The molecular formula is C11H10Cl2N2O5. The maximum absolute atomic E-state index is 10.6. The zero-order valence-electron chi connectivity index (χ0n) is 9.95. The van der Waals surface area contributed by atoms with Crippen LogP contribution < -0.4 is 0 Å². The molecule has 0 radical (unpaired) electrons. The van der Waals surface area contributed by atoms with Crippen molar-refractivity contribution in [2.24, 2.45) is 5.10 Å². The molecule has 0 spiro atoms. The van der Waals surface area contributed by atoms with Crippen LogP contribution in [0.4, 0.5) is 0 Å². The molecule has 1 rings (SSSR count). The third-order valence-electron chi connectivity index (χ3n) is 2.04. The van der Waals surface area contributed by atoms with Gasteiger partial charge in [-0.15, -0.1) is 0 Å². The average molecular weight is 321 g/mol. The van der Waals surface area contributed by atoms with Crippen LogP contribution in [-0.2, 0) is 9.59 Å². The van der Waals surface area contributed by atoms with Gasteiger partial charge in [-0.1, -0.05) is 23.2 Å². The van der Waals surface area contributed by atoms with Crippen molar-refractivity contribution in [2.75, 3.05) is 13.1 Å². The van der Waals surface area contributed by atoms with E-state index in [1.807, 2.05) is 0 Å². The van der Waals surface area contributed by atoms with Gasteiger partial charge in [0, 0.05) is 0 Å². The van der Waals surface area contributed by atoms with E-state index in [0.29, 0.717) is 5.56 Å². The average Bonchev–Trinajstić information content (AvgIpc) is 2.31. The van der Waals surface area contributed by atoms with Gasteiger partial charge in [0.25, 0.3) is 0 Å². The van der Waals surface area contributed by atoms with Gasteiger partial charge in [0.15, 0.2) is 5.75 Å². The fourth-order valence-electron chi connectivity index (χ4n) is 1.26. The maximum Gasteiger partial charge on any atom is 0.324 e. The van der Waals surface area contributed by atoms with Gasteiger partial charge in [0.1, 0.15) is 13.1 Å². The Labute approximate surface area is 123 Å². The summed E-state index contributed by atoms with van der Waals surface area (Å²) in [7, 11) is 0. The lowest BCUT2D eigenvalue weighted by atomic mass is 10.2. The molecule has 20 heavy (non-hydrogen) atoms. The SMILES string of the molecule is O=C(O)CN(CC(=O)O)/N=C\c1cc(Cl)c(O)c(Cl)c1. The second-order valence-corrected chi connectivity index (χ2v) is 4.50. The van der Waals surface area contributed by atoms with Crippen LogP contribution in [0.15, 0.2) is 17.2 Å². The molecule has 0 aromatic heterocycles. The smallest absolute Gasteiger partial charge is 0.324 e. The Kier molecular flexibility index (Phi) is 5.60. The van der Waals surface area contributed by atoms with Crippen molar-refractivity contribution in [2.45, 2.75) is 0 Å². The van der Waals surface area contributed by atoms with Crippen molar-refractivity contribution in [3.8, 4) is 5.75 Å². The normalized spacial score (nSPS) is 10.7. The van der Waals surface area contributed by atoms with Gasteiger partial charge in [-0.3, -0.25) is 14.6 Å². The minimum absolute atomic E-state index is 0.00182. The van der Waals surface area contributed by atoms with Gasteiger partial charge in [-0.25, -0.2) is 0 Å². The number of aliphatic carboxylic acids is 2. The molecule has 9 heteroatoms. The quantitative estimate of drug-likeness (QED) is 0.541. The monoisotopic (exact) mass is 320 g/mol. The molecule has 0 unspecified atom stereocenters. The van der Waals surface area contributed by atoms with Crippen molar-refractivity contribution in [3.63, 3.8) is 0 Å². The predicted molar refractivity (Wildman–Crippen MR) is 72.6 cm³/mol. The van der Waals surface area contributed by atoms with E-state index in [2.05, 4.69) is 5.10 Å². The first-order valence-corrected chi connectivity index (χ1v) is 5.95. The summed E-state index contributed by atoms with van der Waals surface area (Å²) >= 11 is 11.4. The topological polar surface area (TPSA) is 110 Å². The summed E-state index contributed by atoms with van der Waals surface area (Å²) in [5.41, 5.74) is 0.388. The van der Waals surface area contributed by atoms with Crippen molar-refractivity contribution < 1.29 is 24.9 Å². The zero-order valence-corrected chi connectivity index (χ0v) is 11.5. The molecule has 0 atom stereocenters. The molecule has 0 aliphatic heterocycles. The largest absolute Gasteiger partial charge is 0.505 e. The van der Waals surface area contributed by atoms with E-state index < -0.39 is 25.0 Å². The number of phenolic OH excluding ortho intramolecular Hbond substituents is 1. The Hall–Kier alpha value is -1.99. The Morgan fingerprint density at radius 1 is 1.15 bits per heavy atom. The first kappa shape index (κ1) is 16.1. The van der Waals surface area contributed by atoms with E-state index in [9.17, 15) is 14.7 Å². The van der Waals surface area contributed by atoms with Crippen molar-refractivity contribution in [1.82, 2.24) is 5.01 Å². The number of phenols is 1. The van der Waals surface area contributed by atoms with E-state index >= 15 is 0 Å². The number of hydrogen-bond donors (Lipinski definition) is 3. The molecule has 108 valence electrons. The van der Waals surface area contributed by atoms with Crippen molar-refractivity contribution in [1.29, 1.82) is 0 Å². The Morgan fingerprint density at radius 2 is 1.60 bits per heavy atom. The molecule has 7 nitrogen and oxygen atoms in total. The van der Waals surface area contributed by atoms with E-state index in [1.165, 1.54) is 18.3 Å². The fourth-order valence-corrected chi connectivity index (χ4v) is 1.76. The molecular weight excluding hydrogens is 311 g/mol. The number of aromatic hydroxyl groups is 1. The van der Waals surface area contributed by atoms with Gasteiger partial charge in [0.2, 0.25) is 0 Å². The van der Waals surface area contributed by atoms with Crippen molar-refractivity contribution >= 4 is 41.4 Å². The summed E-state index contributed by atoms with van der Waals surface area (Å²) in [5, 5.41) is 31.2. The molecule has 0 fully saturated rings. The van der Waals surface area contributed by atoms with E-state index in [1.54, 1.807) is 0 Å². The Bertz CT molecular complexity index is 523. The highest BCUT2D eigenvalue weighted by Gasteiger charge is 2.11. The highest BCUT2D eigenvalue weighted by atomic mass is 35.5. The molecule has 1 aromatic carbocycles. The standard InChI is InChI=1S/C11H10Cl2N2O5/c12-7-1-6(2-8(13)11(7)20)3-14-15(4-9(16)17)5-10(18)19/h1-3,20H,4-5H2,(H,16,17)(H,18,19)/b14-3-. The maximum atomic E-state index is 10.6. The Balaban J connectivity index is 2.91. The molecule has 0 heterocycles. The van der Waals surface area contributed by atoms with Crippen LogP contribution in [0.25, 0.3) is 0 Å². The number of hydrazone groups is 1. The van der Waals surface area contributed by atoms with Gasteiger partial charge >= 0.3 is 11.9 Å². The van der Waals surface area contributed by atoms with E-state index in [4.69, 9.17) is 33.4 Å². The molecule has 0 amide bonds. The number of hydrogen-bond acceptors (Lipinski definition) is 5. The fraction of sp³-hybridized carbons (Fsp3) is 0.182. The zero-order chi connectivity index (χ0) is 15.3. The van der Waals surface area contributed by atoms with Crippen LogP contribution in [0.1, 0.15) is 5.56 Å². The predicted octanol–water partition coefficient (Wildman–Crippen LogP) is 1.50. The number of halogens is 2.